The van der Waals surface area contributed by atoms with Crippen molar-refractivity contribution in [3.8, 4) is 5.75 Å². The van der Waals surface area contributed by atoms with E-state index in [1.807, 2.05) is 68.4 Å². The Morgan fingerprint density at radius 1 is 1.10 bits per heavy atom. The highest BCUT2D eigenvalue weighted by Gasteiger charge is 2.30. The van der Waals surface area contributed by atoms with Crippen LogP contribution in [-0.4, -0.2) is 41.9 Å². The van der Waals surface area contributed by atoms with Crippen LogP contribution in [0.4, 0.5) is 0 Å². The first-order chi connectivity index (χ1) is 15.1. The summed E-state index contributed by atoms with van der Waals surface area (Å²) in [5.41, 5.74) is 2.22. The number of hydrogen-bond donors (Lipinski definition) is 1. The molecule has 0 spiro atoms. The Hall–Kier alpha value is -2.82. The molecule has 0 bridgehead atoms. The second-order valence-corrected chi connectivity index (χ2v) is 8.34. The summed E-state index contributed by atoms with van der Waals surface area (Å²) < 4.78 is 5.77. The maximum absolute atomic E-state index is 13.2. The van der Waals surface area contributed by atoms with E-state index in [4.69, 9.17) is 4.74 Å². The summed E-state index contributed by atoms with van der Waals surface area (Å²) in [7, 11) is 0. The molecule has 0 aliphatic heterocycles. The Morgan fingerprint density at radius 2 is 1.84 bits per heavy atom. The molecule has 31 heavy (non-hydrogen) atoms. The molecular formula is C26H34N2O3. The minimum absolute atomic E-state index is 0.0497. The van der Waals surface area contributed by atoms with Crippen LogP contribution >= 0.6 is 0 Å². The Balaban J connectivity index is 1.69. The van der Waals surface area contributed by atoms with Crippen molar-refractivity contribution in [2.24, 2.45) is 0 Å². The third kappa shape index (κ3) is 6.84. The number of amides is 2. The molecule has 3 rings (SSSR count). The van der Waals surface area contributed by atoms with Crippen LogP contribution in [0.5, 0.6) is 5.75 Å². The number of nitrogens with zero attached hydrogens (tertiary/aromatic N) is 1. The van der Waals surface area contributed by atoms with Crippen LogP contribution in [0.15, 0.2) is 54.6 Å². The van der Waals surface area contributed by atoms with Crippen LogP contribution in [0, 0.1) is 6.92 Å². The van der Waals surface area contributed by atoms with Gasteiger partial charge in [-0.05, 0) is 55.9 Å². The summed E-state index contributed by atoms with van der Waals surface area (Å²) in [6.07, 6.45) is 5.63. The highest BCUT2D eigenvalue weighted by molar-refractivity contribution is 5.88. The SMILES string of the molecule is CC[C@H](C(=O)NC1CCCC1)N(CCc1ccccc1)C(=O)COc1cccc(C)c1. The first-order valence-corrected chi connectivity index (χ1v) is 11.4. The molecule has 1 fully saturated rings. The second kappa shape index (κ2) is 11.5. The minimum Gasteiger partial charge on any atom is -0.484 e. The maximum atomic E-state index is 13.2. The van der Waals surface area contributed by atoms with Crippen LogP contribution in [-0.2, 0) is 16.0 Å². The van der Waals surface area contributed by atoms with Crippen LogP contribution in [0.3, 0.4) is 0 Å². The molecule has 0 aromatic heterocycles. The standard InChI is InChI=1S/C26H34N2O3/c1-3-24(26(30)27-22-13-7-8-14-22)28(17-16-21-11-5-4-6-12-21)25(29)19-31-23-15-9-10-20(2)18-23/h4-6,9-12,15,18,22,24H,3,7-8,13-14,16-17,19H2,1-2H3,(H,27,30)/t24-/m1/s1. The van der Waals surface area contributed by atoms with E-state index in [0.29, 0.717) is 25.1 Å². The first kappa shape index (κ1) is 22.9. The smallest absolute Gasteiger partial charge is 0.261 e. The van der Waals surface area contributed by atoms with Crippen LogP contribution in [0.1, 0.15) is 50.2 Å². The molecule has 5 heteroatoms. The van der Waals surface area contributed by atoms with E-state index < -0.39 is 6.04 Å². The van der Waals surface area contributed by atoms with Gasteiger partial charge in [-0.15, -0.1) is 0 Å². The van der Waals surface area contributed by atoms with Crippen molar-refractivity contribution in [1.29, 1.82) is 0 Å². The van der Waals surface area contributed by atoms with E-state index in [1.54, 1.807) is 4.90 Å². The van der Waals surface area contributed by atoms with Crippen molar-refractivity contribution in [2.75, 3.05) is 13.2 Å². The van der Waals surface area contributed by atoms with Gasteiger partial charge >= 0.3 is 0 Å². The predicted molar refractivity (Wildman–Crippen MR) is 123 cm³/mol. The molecule has 5 nitrogen and oxygen atoms in total. The lowest BCUT2D eigenvalue weighted by Gasteiger charge is -2.31. The van der Waals surface area contributed by atoms with Gasteiger partial charge in [0.1, 0.15) is 11.8 Å². The minimum atomic E-state index is -0.488. The van der Waals surface area contributed by atoms with Gasteiger partial charge in [0.2, 0.25) is 5.91 Å². The Bertz CT molecular complexity index is 847. The van der Waals surface area contributed by atoms with Crippen molar-refractivity contribution in [3.63, 3.8) is 0 Å². The molecule has 166 valence electrons. The number of carbonyl (C=O) groups excluding carboxylic acids is 2. The number of ether oxygens (including phenoxy) is 1. The van der Waals surface area contributed by atoms with Gasteiger partial charge in [0.15, 0.2) is 6.61 Å². The molecule has 1 aliphatic rings. The van der Waals surface area contributed by atoms with Gasteiger partial charge < -0.3 is 15.0 Å². The zero-order valence-corrected chi connectivity index (χ0v) is 18.7. The Kier molecular flexibility index (Phi) is 8.51. The molecule has 1 N–H and O–H groups in total. The fraction of sp³-hybridized carbons (Fsp3) is 0.462. The third-order valence-electron chi connectivity index (χ3n) is 5.92. The summed E-state index contributed by atoms with van der Waals surface area (Å²) in [5.74, 6) is 0.456. The molecule has 0 saturated heterocycles. The molecule has 0 radical (unpaired) electrons. The number of rotatable bonds is 10. The second-order valence-electron chi connectivity index (χ2n) is 8.34. The number of nitrogens with one attached hydrogen (secondary N) is 1. The maximum Gasteiger partial charge on any atom is 0.261 e. The van der Waals surface area contributed by atoms with Crippen LogP contribution < -0.4 is 10.1 Å². The van der Waals surface area contributed by atoms with Crippen molar-refractivity contribution in [3.05, 3.63) is 65.7 Å². The lowest BCUT2D eigenvalue weighted by atomic mass is 10.1. The van der Waals surface area contributed by atoms with Gasteiger partial charge in [0.05, 0.1) is 0 Å². The number of hydrogen-bond acceptors (Lipinski definition) is 3. The van der Waals surface area contributed by atoms with Crippen molar-refractivity contribution in [1.82, 2.24) is 10.2 Å². The number of aryl methyl sites for hydroxylation is 1. The summed E-state index contributed by atoms with van der Waals surface area (Å²) in [6.45, 7) is 4.35. The predicted octanol–water partition coefficient (Wildman–Crippen LogP) is 4.28. The zero-order valence-electron chi connectivity index (χ0n) is 18.7. The third-order valence-corrected chi connectivity index (χ3v) is 5.92. The summed E-state index contributed by atoms with van der Waals surface area (Å²) in [4.78, 5) is 27.9. The van der Waals surface area contributed by atoms with E-state index in [2.05, 4.69) is 5.32 Å². The van der Waals surface area contributed by atoms with Crippen molar-refractivity contribution < 1.29 is 14.3 Å². The molecule has 1 saturated carbocycles. The van der Waals surface area contributed by atoms with Gasteiger partial charge in [0.25, 0.3) is 5.91 Å². The first-order valence-electron chi connectivity index (χ1n) is 11.4. The van der Waals surface area contributed by atoms with Gasteiger partial charge in [-0.2, -0.15) is 0 Å². The van der Waals surface area contributed by atoms with Gasteiger partial charge in [-0.25, -0.2) is 0 Å². The lowest BCUT2D eigenvalue weighted by molar-refractivity contribution is -0.142. The van der Waals surface area contributed by atoms with E-state index >= 15 is 0 Å². The van der Waals surface area contributed by atoms with Gasteiger partial charge in [0, 0.05) is 12.6 Å². The fourth-order valence-electron chi connectivity index (χ4n) is 4.20. The average Bonchev–Trinajstić information content (AvgIpc) is 3.28. The molecule has 1 atom stereocenters. The average molecular weight is 423 g/mol. The molecule has 2 amide bonds. The molecule has 2 aromatic carbocycles. The van der Waals surface area contributed by atoms with E-state index in [-0.39, 0.29) is 24.5 Å². The molecular weight excluding hydrogens is 388 g/mol. The number of carbonyl (C=O) groups is 2. The normalized spacial score (nSPS) is 14.8. The van der Waals surface area contributed by atoms with Crippen LogP contribution in [0.2, 0.25) is 0 Å². The molecule has 0 heterocycles. The lowest BCUT2D eigenvalue weighted by Crippen LogP contribution is -2.52. The monoisotopic (exact) mass is 422 g/mol. The highest BCUT2D eigenvalue weighted by atomic mass is 16.5. The van der Waals surface area contributed by atoms with E-state index in [1.165, 1.54) is 0 Å². The van der Waals surface area contributed by atoms with Crippen molar-refractivity contribution in [2.45, 2.75) is 64.5 Å². The fourth-order valence-corrected chi connectivity index (χ4v) is 4.20. The zero-order chi connectivity index (χ0) is 22.1. The topological polar surface area (TPSA) is 58.6 Å². The molecule has 1 aliphatic carbocycles. The van der Waals surface area contributed by atoms with E-state index in [0.717, 1.165) is 36.8 Å². The highest BCUT2D eigenvalue weighted by Crippen LogP contribution is 2.19. The van der Waals surface area contributed by atoms with E-state index in [9.17, 15) is 9.59 Å². The largest absolute Gasteiger partial charge is 0.484 e. The molecule has 2 aromatic rings. The summed E-state index contributed by atoms with van der Waals surface area (Å²) in [6, 6.07) is 17.5. The Labute approximate surface area is 185 Å². The summed E-state index contributed by atoms with van der Waals surface area (Å²) in [5, 5.41) is 3.17. The number of benzene rings is 2. The van der Waals surface area contributed by atoms with Gasteiger partial charge in [-0.1, -0.05) is 62.2 Å². The quantitative estimate of drug-likeness (QED) is 0.622. The summed E-state index contributed by atoms with van der Waals surface area (Å²) >= 11 is 0. The van der Waals surface area contributed by atoms with Crippen molar-refractivity contribution >= 4 is 11.8 Å². The van der Waals surface area contributed by atoms with Gasteiger partial charge in [-0.3, -0.25) is 9.59 Å². The van der Waals surface area contributed by atoms with Crippen LogP contribution in [0.25, 0.3) is 0 Å². The molecule has 0 unspecified atom stereocenters. The Morgan fingerprint density at radius 3 is 2.52 bits per heavy atom.